The first-order chi connectivity index (χ1) is 6.74. The molecule has 0 amide bonds. The minimum atomic E-state index is -0.842. The van der Waals surface area contributed by atoms with Crippen LogP contribution >= 0.6 is 0 Å². The molecule has 14 heavy (non-hydrogen) atoms. The number of carboxylic acids is 1. The molecule has 0 aromatic carbocycles. The van der Waals surface area contributed by atoms with Crippen molar-refractivity contribution in [1.82, 2.24) is 4.90 Å². The van der Waals surface area contributed by atoms with E-state index < -0.39 is 12.1 Å². The van der Waals surface area contributed by atoms with Crippen LogP contribution in [0.1, 0.15) is 26.2 Å². The smallest absolute Gasteiger partial charge is 0.332 e. The minimum Gasteiger partial charge on any atom is -0.479 e. The Bertz CT molecular complexity index is 178. The van der Waals surface area contributed by atoms with Gasteiger partial charge in [0.25, 0.3) is 0 Å². The molecule has 4 nitrogen and oxygen atoms in total. The zero-order chi connectivity index (χ0) is 10.4. The van der Waals surface area contributed by atoms with Gasteiger partial charge in [0.1, 0.15) is 0 Å². The molecule has 0 saturated carbocycles. The van der Waals surface area contributed by atoms with Gasteiger partial charge < -0.3 is 14.7 Å². The van der Waals surface area contributed by atoms with Crippen molar-refractivity contribution in [1.29, 1.82) is 0 Å². The molecule has 1 atom stereocenters. The van der Waals surface area contributed by atoms with E-state index in [-0.39, 0.29) is 0 Å². The third-order valence-corrected chi connectivity index (χ3v) is 2.55. The van der Waals surface area contributed by atoms with Crippen molar-refractivity contribution < 1.29 is 14.6 Å². The predicted octanol–water partition coefficient (Wildman–Crippen LogP) is 0.962. The third-order valence-electron chi connectivity index (χ3n) is 2.55. The molecule has 1 unspecified atom stereocenters. The van der Waals surface area contributed by atoms with E-state index in [1.807, 2.05) is 6.92 Å². The molecule has 1 saturated heterocycles. The second-order valence-electron chi connectivity index (χ2n) is 3.62. The molecule has 82 valence electrons. The summed E-state index contributed by atoms with van der Waals surface area (Å²) in [7, 11) is 0. The fourth-order valence-corrected chi connectivity index (χ4v) is 1.79. The third kappa shape index (κ3) is 3.64. The summed E-state index contributed by atoms with van der Waals surface area (Å²) in [6, 6.07) is 0. The molecular weight excluding hydrogens is 182 g/mol. The Morgan fingerprint density at radius 1 is 1.50 bits per heavy atom. The van der Waals surface area contributed by atoms with Gasteiger partial charge in [-0.2, -0.15) is 0 Å². The Labute approximate surface area is 84.8 Å². The standard InChI is InChI=1S/C10H19NO3/c1-2-14-9(10(12)13)5-8-11-6-3-4-7-11/h9H,2-8H2,1H3,(H,12,13). The van der Waals surface area contributed by atoms with Gasteiger partial charge in [-0.05, 0) is 39.3 Å². The van der Waals surface area contributed by atoms with Crippen LogP contribution in [0.3, 0.4) is 0 Å². The summed E-state index contributed by atoms with van der Waals surface area (Å²) >= 11 is 0. The lowest BCUT2D eigenvalue weighted by molar-refractivity contribution is -0.150. The van der Waals surface area contributed by atoms with Gasteiger partial charge in [-0.25, -0.2) is 4.79 Å². The average molecular weight is 201 g/mol. The number of likely N-dealkylation sites (tertiary alicyclic amines) is 1. The van der Waals surface area contributed by atoms with Gasteiger partial charge >= 0.3 is 5.97 Å². The molecule has 1 fully saturated rings. The molecule has 0 aliphatic carbocycles. The van der Waals surface area contributed by atoms with Crippen LogP contribution in [0.25, 0.3) is 0 Å². The Kier molecular flexibility index (Phi) is 4.90. The maximum atomic E-state index is 10.8. The molecule has 0 radical (unpaired) electrons. The molecule has 4 heteroatoms. The van der Waals surface area contributed by atoms with Gasteiger partial charge in [0.15, 0.2) is 6.10 Å². The summed E-state index contributed by atoms with van der Waals surface area (Å²) in [6.07, 6.45) is 2.46. The second kappa shape index (κ2) is 5.98. The van der Waals surface area contributed by atoms with Crippen LogP contribution in [0.4, 0.5) is 0 Å². The number of nitrogens with zero attached hydrogens (tertiary/aromatic N) is 1. The summed E-state index contributed by atoms with van der Waals surface area (Å²) in [5, 5.41) is 8.83. The summed E-state index contributed by atoms with van der Waals surface area (Å²) in [5.74, 6) is -0.842. The van der Waals surface area contributed by atoms with E-state index in [2.05, 4.69) is 4.90 Å². The molecule has 1 N–H and O–H groups in total. The number of carboxylic acid groups (broad SMARTS) is 1. The Morgan fingerprint density at radius 2 is 2.14 bits per heavy atom. The molecular formula is C10H19NO3. The minimum absolute atomic E-state index is 0.469. The van der Waals surface area contributed by atoms with Crippen LogP contribution in [0.2, 0.25) is 0 Å². The lowest BCUT2D eigenvalue weighted by Gasteiger charge is -2.17. The monoisotopic (exact) mass is 201 g/mol. The van der Waals surface area contributed by atoms with Gasteiger partial charge in [-0.15, -0.1) is 0 Å². The maximum absolute atomic E-state index is 10.8. The summed E-state index contributed by atoms with van der Waals surface area (Å²) in [5.41, 5.74) is 0. The van der Waals surface area contributed by atoms with Gasteiger partial charge in [0, 0.05) is 13.2 Å². The Balaban J connectivity index is 2.21. The highest BCUT2D eigenvalue weighted by Crippen LogP contribution is 2.09. The van der Waals surface area contributed by atoms with Crippen molar-refractivity contribution in [2.75, 3.05) is 26.2 Å². The lowest BCUT2D eigenvalue weighted by atomic mass is 10.2. The summed E-state index contributed by atoms with van der Waals surface area (Å²) in [4.78, 5) is 13.1. The molecule has 0 bridgehead atoms. The molecule has 1 aliphatic heterocycles. The zero-order valence-corrected chi connectivity index (χ0v) is 8.74. The van der Waals surface area contributed by atoms with Crippen LogP contribution < -0.4 is 0 Å². The Morgan fingerprint density at radius 3 is 2.64 bits per heavy atom. The fourth-order valence-electron chi connectivity index (χ4n) is 1.79. The van der Waals surface area contributed by atoms with Gasteiger partial charge in [-0.1, -0.05) is 0 Å². The number of ether oxygens (including phenoxy) is 1. The number of hydrogen-bond donors (Lipinski definition) is 1. The lowest BCUT2D eigenvalue weighted by Crippen LogP contribution is -2.30. The largest absolute Gasteiger partial charge is 0.479 e. The fraction of sp³-hybridized carbons (Fsp3) is 0.900. The van der Waals surface area contributed by atoms with E-state index in [4.69, 9.17) is 9.84 Å². The molecule has 1 aliphatic rings. The first-order valence-corrected chi connectivity index (χ1v) is 5.30. The number of carbonyl (C=O) groups is 1. The first-order valence-electron chi connectivity index (χ1n) is 5.30. The predicted molar refractivity (Wildman–Crippen MR) is 53.3 cm³/mol. The average Bonchev–Trinajstić information content (AvgIpc) is 2.64. The number of hydrogen-bond acceptors (Lipinski definition) is 3. The molecule has 0 spiro atoms. The van der Waals surface area contributed by atoms with E-state index in [0.717, 1.165) is 19.6 Å². The van der Waals surface area contributed by atoms with Crippen molar-refractivity contribution in [3.8, 4) is 0 Å². The summed E-state index contributed by atoms with van der Waals surface area (Å²) < 4.78 is 5.14. The van der Waals surface area contributed by atoms with E-state index in [1.54, 1.807) is 0 Å². The highest BCUT2D eigenvalue weighted by Gasteiger charge is 2.19. The normalized spacial score (nSPS) is 19.8. The van der Waals surface area contributed by atoms with Crippen LogP contribution in [-0.2, 0) is 9.53 Å². The van der Waals surface area contributed by atoms with Crippen molar-refractivity contribution in [2.45, 2.75) is 32.3 Å². The molecule has 1 heterocycles. The maximum Gasteiger partial charge on any atom is 0.332 e. The second-order valence-corrected chi connectivity index (χ2v) is 3.62. The number of rotatable bonds is 6. The van der Waals surface area contributed by atoms with Gasteiger partial charge in [0.05, 0.1) is 0 Å². The van der Waals surface area contributed by atoms with Crippen molar-refractivity contribution >= 4 is 5.97 Å². The van der Waals surface area contributed by atoms with Gasteiger partial charge in [-0.3, -0.25) is 0 Å². The summed E-state index contributed by atoms with van der Waals surface area (Å²) in [6.45, 7) is 5.36. The highest BCUT2D eigenvalue weighted by molar-refractivity contribution is 5.72. The van der Waals surface area contributed by atoms with Crippen molar-refractivity contribution in [3.05, 3.63) is 0 Å². The van der Waals surface area contributed by atoms with Crippen LogP contribution in [-0.4, -0.2) is 48.3 Å². The quantitative estimate of drug-likeness (QED) is 0.695. The molecule has 0 aromatic heterocycles. The van der Waals surface area contributed by atoms with E-state index in [0.29, 0.717) is 13.0 Å². The highest BCUT2D eigenvalue weighted by atomic mass is 16.5. The van der Waals surface area contributed by atoms with E-state index in [1.165, 1.54) is 12.8 Å². The molecule has 0 aromatic rings. The van der Waals surface area contributed by atoms with Gasteiger partial charge in [0.2, 0.25) is 0 Å². The van der Waals surface area contributed by atoms with E-state index >= 15 is 0 Å². The number of aliphatic carboxylic acids is 1. The SMILES string of the molecule is CCOC(CCN1CCCC1)C(=O)O. The van der Waals surface area contributed by atoms with Crippen LogP contribution in [0, 0.1) is 0 Å². The van der Waals surface area contributed by atoms with E-state index in [9.17, 15) is 4.79 Å². The van der Waals surface area contributed by atoms with Crippen LogP contribution in [0.15, 0.2) is 0 Å². The van der Waals surface area contributed by atoms with Crippen molar-refractivity contribution in [2.24, 2.45) is 0 Å². The zero-order valence-electron chi connectivity index (χ0n) is 8.74. The topological polar surface area (TPSA) is 49.8 Å². The first kappa shape index (κ1) is 11.5. The molecule has 1 rings (SSSR count). The van der Waals surface area contributed by atoms with Crippen LogP contribution in [0.5, 0.6) is 0 Å². The van der Waals surface area contributed by atoms with Crippen molar-refractivity contribution in [3.63, 3.8) is 0 Å². The Hall–Kier alpha value is -0.610.